The van der Waals surface area contributed by atoms with Crippen LogP contribution in [0.2, 0.25) is 0 Å². The van der Waals surface area contributed by atoms with Crippen LogP contribution in [0.3, 0.4) is 0 Å². The number of ether oxygens (including phenoxy) is 4. The van der Waals surface area contributed by atoms with E-state index in [0.717, 1.165) is 57.8 Å². The molecule has 1 aliphatic heterocycles. The fourth-order valence-electron chi connectivity index (χ4n) is 12.1. The molecular formula is C72H138O8. The van der Waals surface area contributed by atoms with E-state index in [9.17, 15) is 19.5 Å². The quantitative estimate of drug-likeness (QED) is 0.0364. The molecule has 0 aromatic heterocycles. The summed E-state index contributed by atoms with van der Waals surface area (Å²) in [7, 11) is 0. The average Bonchev–Trinajstić information content (AvgIpc) is 3.84. The summed E-state index contributed by atoms with van der Waals surface area (Å²) in [5, 5.41) is 10.5. The minimum absolute atomic E-state index is 0.0279. The molecule has 1 rings (SSSR count). The third-order valence-electron chi connectivity index (χ3n) is 17.5. The summed E-state index contributed by atoms with van der Waals surface area (Å²) < 4.78 is 23.9. The summed E-state index contributed by atoms with van der Waals surface area (Å²) in [5.74, 6) is -1.08. The Morgan fingerprint density at radius 2 is 0.537 bits per heavy atom. The second kappa shape index (κ2) is 61.9. The number of hydrogen-bond acceptors (Lipinski definition) is 8. The van der Waals surface area contributed by atoms with Crippen LogP contribution < -0.4 is 0 Å². The van der Waals surface area contributed by atoms with Crippen molar-refractivity contribution >= 4 is 17.9 Å². The molecule has 0 spiro atoms. The zero-order valence-corrected chi connectivity index (χ0v) is 54.0. The molecular weight excluding hydrogens is 993 g/mol. The van der Waals surface area contributed by atoms with Gasteiger partial charge in [0, 0.05) is 19.3 Å². The van der Waals surface area contributed by atoms with Crippen LogP contribution in [0.4, 0.5) is 0 Å². The van der Waals surface area contributed by atoms with Crippen LogP contribution in [0.5, 0.6) is 0 Å². The molecule has 80 heavy (non-hydrogen) atoms. The molecule has 1 aliphatic rings. The lowest BCUT2D eigenvalue weighted by Gasteiger charge is -2.28. The fraction of sp³-hybridized carbons (Fsp3) is 0.958. The zero-order valence-electron chi connectivity index (χ0n) is 54.0. The van der Waals surface area contributed by atoms with Gasteiger partial charge in [-0.1, -0.05) is 367 Å². The van der Waals surface area contributed by atoms with Gasteiger partial charge in [-0.25, -0.2) is 0 Å². The van der Waals surface area contributed by atoms with E-state index in [2.05, 4.69) is 20.8 Å². The zero-order chi connectivity index (χ0) is 57.7. The van der Waals surface area contributed by atoms with Crippen molar-refractivity contribution < 1.29 is 38.4 Å². The number of unbranched alkanes of at least 4 members (excludes halogenated alkanes) is 54. The molecule has 1 N–H and O–H groups in total. The summed E-state index contributed by atoms with van der Waals surface area (Å²) >= 11 is 0. The van der Waals surface area contributed by atoms with Crippen molar-refractivity contribution in [2.45, 2.75) is 430 Å². The topological polar surface area (TPSA) is 108 Å². The molecule has 1 heterocycles. The highest BCUT2D eigenvalue weighted by molar-refractivity contribution is 5.71. The molecule has 8 nitrogen and oxygen atoms in total. The van der Waals surface area contributed by atoms with Crippen molar-refractivity contribution in [2.24, 2.45) is 0 Å². The highest BCUT2D eigenvalue weighted by Crippen LogP contribution is 2.28. The Morgan fingerprint density at radius 3 is 0.775 bits per heavy atom. The lowest BCUT2D eigenvalue weighted by Crippen LogP contribution is -2.46. The van der Waals surface area contributed by atoms with Gasteiger partial charge in [0.25, 0.3) is 0 Å². The third-order valence-corrected chi connectivity index (χ3v) is 17.5. The van der Waals surface area contributed by atoms with Gasteiger partial charge in [-0.15, -0.1) is 0 Å². The van der Waals surface area contributed by atoms with E-state index in [1.165, 1.54) is 308 Å². The third kappa shape index (κ3) is 50.8. The molecule has 0 aromatic carbocycles. The van der Waals surface area contributed by atoms with Gasteiger partial charge in [-0.2, -0.15) is 0 Å². The largest absolute Gasteiger partial charge is 0.457 e. The lowest BCUT2D eigenvalue weighted by molar-refractivity contribution is -0.175. The summed E-state index contributed by atoms with van der Waals surface area (Å²) in [6.07, 6.45) is 71.0. The van der Waals surface area contributed by atoms with Crippen molar-refractivity contribution in [1.29, 1.82) is 0 Å². The first-order chi connectivity index (χ1) is 39.5. The van der Waals surface area contributed by atoms with Gasteiger partial charge in [0.2, 0.25) is 0 Å². The van der Waals surface area contributed by atoms with Gasteiger partial charge in [-0.05, 0) is 19.3 Å². The van der Waals surface area contributed by atoms with Gasteiger partial charge < -0.3 is 24.1 Å². The molecule has 0 aliphatic carbocycles. The maximum Gasteiger partial charge on any atom is 0.306 e. The van der Waals surface area contributed by atoms with E-state index in [4.69, 9.17) is 18.9 Å². The highest BCUT2D eigenvalue weighted by Gasteiger charge is 2.47. The molecule has 0 saturated carbocycles. The lowest BCUT2D eigenvalue weighted by atomic mass is 10.0. The van der Waals surface area contributed by atoms with Crippen LogP contribution in [-0.4, -0.2) is 60.6 Å². The summed E-state index contributed by atoms with van der Waals surface area (Å²) in [5.41, 5.74) is 0. The summed E-state index contributed by atoms with van der Waals surface area (Å²) in [6.45, 7) is 6.41. The minimum atomic E-state index is -1.01. The fourth-order valence-corrected chi connectivity index (χ4v) is 12.1. The van der Waals surface area contributed by atoms with E-state index in [0.29, 0.717) is 6.42 Å². The molecule has 0 radical (unpaired) electrons. The van der Waals surface area contributed by atoms with E-state index in [1.807, 2.05) is 0 Å². The molecule has 0 unspecified atom stereocenters. The van der Waals surface area contributed by atoms with Gasteiger partial charge >= 0.3 is 17.9 Å². The summed E-state index contributed by atoms with van der Waals surface area (Å²) in [6, 6.07) is 0. The predicted octanol–water partition coefficient (Wildman–Crippen LogP) is 22.6. The Labute approximate surface area is 497 Å². The number of esters is 3. The molecule has 0 bridgehead atoms. The molecule has 4 atom stereocenters. The molecule has 1 saturated heterocycles. The molecule has 8 heteroatoms. The molecule has 1 fully saturated rings. The van der Waals surface area contributed by atoms with E-state index in [-0.39, 0.29) is 37.4 Å². The standard InChI is InChI=1S/C72H138O8/c1-4-7-10-13-16-19-22-25-28-31-34-37-40-43-46-49-52-55-58-61-68(74)78-66(64-73)71-72(80-70(76)63-60-57-54-51-48-45-42-39-36-33-30-27-24-21-18-15-12-9-6-3)67(65-77-71)79-69(75)62-59-56-53-50-47-44-41-38-35-32-29-26-23-20-17-14-11-8-5-2/h66-67,71-73H,4-65H2,1-3H3/t66-,67+,71-,72-/m1/s1. The molecule has 0 aromatic rings. The van der Waals surface area contributed by atoms with E-state index < -0.39 is 31.0 Å². The Balaban J connectivity index is 2.40. The Hall–Kier alpha value is -1.67. The Morgan fingerprint density at radius 1 is 0.325 bits per heavy atom. The van der Waals surface area contributed by atoms with Crippen molar-refractivity contribution in [3.8, 4) is 0 Å². The number of aliphatic hydroxyl groups is 1. The first-order valence-corrected chi connectivity index (χ1v) is 36.3. The smallest absolute Gasteiger partial charge is 0.306 e. The monoisotopic (exact) mass is 1130 g/mol. The normalized spacial score (nSPS) is 15.7. The first kappa shape index (κ1) is 76.3. The van der Waals surface area contributed by atoms with Crippen LogP contribution in [-0.2, 0) is 33.3 Å². The van der Waals surface area contributed by atoms with Gasteiger partial charge in [0.05, 0.1) is 13.2 Å². The average molecular weight is 1130 g/mol. The van der Waals surface area contributed by atoms with Crippen LogP contribution in [0.1, 0.15) is 406 Å². The van der Waals surface area contributed by atoms with Gasteiger partial charge in [0.1, 0.15) is 6.10 Å². The minimum Gasteiger partial charge on any atom is -0.457 e. The van der Waals surface area contributed by atoms with Crippen molar-refractivity contribution in [1.82, 2.24) is 0 Å². The first-order valence-electron chi connectivity index (χ1n) is 36.3. The predicted molar refractivity (Wildman–Crippen MR) is 341 cm³/mol. The maximum atomic E-state index is 13.4. The van der Waals surface area contributed by atoms with Crippen molar-refractivity contribution in [3.63, 3.8) is 0 Å². The van der Waals surface area contributed by atoms with Crippen LogP contribution in [0.25, 0.3) is 0 Å². The number of hydrogen-bond donors (Lipinski definition) is 1. The SMILES string of the molecule is CCCCCCCCCCCCCCCCCCCCCC(=O)O[C@H]1[C@@H]([C@@H](CO)OC(=O)CCCCCCCCCCCCCCCCCCCCC)OC[C@@H]1OC(=O)CCCCCCCCCCCCCCCCCCCCC. The molecule has 0 amide bonds. The van der Waals surface area contributed by atoms with Crippen molar-refractivity contribution in [2.75, 3.05) is 13.2 Å². The number of carbonyl (C=O) groups excluding carboxylic acids is 3. The van der Waals surface area contributed by atoms with Crippen LogP contribution in [0, 0.1) is 0 Å². The van der Waals surface area contributed by atoms with Crippen LogP contribution >= 0.6 is 0 Å². The number of carbonyl (C=O) groups is 3. The van der Waals surface area contributed by atoms with E-state index >= 15 is 0 Å². The Kier molecular flexibility index (Phi) is 59.0. The second-order valence-electron chi connectivity index (χ2n) is 25.3. The summed E-state index contributed by atoms with van der Waals surface area (Å²) in [4.78, 5) is 39.7. The highest BCUT2D eigenvalue weighted by atomic mass is 16.6. The van der Waals surface area contributed by atoms with Gasteiger partial charge in [0.15, 0.2) is 18.3 Å². The molecule has 474 valence electrons. The second-order valence-corrected chi connectivity index (χ2v) is 25.3. The van der Waals surface area contributed by atoms with Gasteiger partial charge in [-0.3, -0.25) is 14.4 Å². The Bertz CT molecular complexity index is 1290. The number of aliphatic hydroxyl groups excluding tert-OH is 1. The van der Waals surface area contributed by atoms with Crippen molar-refractivity contribution in [3.05, 3.63) is 0 Å². The maximum absolute atomic E-state index is 13.4. The van der Waals surface area contributed by atoms with E-state index in [1.54, 1.807) is 0 Å². The van der Waals surface area contributed by atoms with Crippen LogP contribution in [0.15, 0.2) is 0 Å². The number of rotatable bonds is 65.